The molecule has 1 heterocycles. The van der Waals surface area contributed by atoms with E-state index in [0.717, 1.165) is 12.3 Å². The third-order valence-electron chi connectivity index (χ3n) is 2.60. The first-order valence-electron chi connectivity index (χ1n) is 5.84. The molecule has 0 atom stereocenters. The smallest absolute Gasteiger partial charge is 0.287 e. The van der Waals surface area contributed by atoms with Crippen LogP contribution in [0.3, 0.4) is 0 Å². The average Bonchev–Trinajstić information content (AvgIpc) is 2.38. The fourth-order valence-electron chi connectivity index (χ4n) is 1.69. The van der Waals surface area contributed by atoms with Crippen LogP contribution in [0.1, 0.15) is 5.56 Å². The maximum Gasteiger partial charge on any atom is 0.287 e. The Labute approximate surface area is 113 Å². The lowest BCUT2D eigenvalue weighted by Crippen LogP contribution is -2.06. The van der Waals surface area contributed by atoms with E-state index >= 15 is 0 Å². The van der Waals surface area contributed by atoms with Crippen molar-refractivity contribution in [3.8, 4) is 0 Å². The number of nitrogens with zero attached hydrogens (tertiary/aromatic N) is 2. The molecule has 20 heavy (non-hydrogen) atoms. The minimum absolute atomic E-state index is 0.0947. The Balaban J connectivity index is 1.90. The third-order valence-corrected chi connectivity index (χ3v) is 2.60. The summed E-state index contributed by atoms with van der Waals surface area (Å²) in [5.74, 6) is -0.769. The summed E-state index contributed by atoms with van der Waals surface area (Å²) in [7, 11) is 0. The van der Waals surface area contributed by atoms with Crippen molar-refractivity contribution in [2.24, 2.45) is 0 Å². The fourth-order valence-corrected chi connectivity index (χ4v) is 1.69. The van der Waals surface area contributed by atoms with Gasteiger partial charge in [-0.1, -0.05) is 0 Å². The quantitative estimate of drug-likeness (QED) is 0.675. The summed E-state index contributed by atoms with van der Waals surface area (Å²) in [5.41, 5.74) is 0.430. The number of nitro groups is 1. The van der Waals surface area contributed by atoms with Gasteiger partial charge in [0.25, 0.3) is 5.69 Å². The molecule has 0 aliphatic carbocycles. The van der Waals surface area contributed by atoms with Crippen LogP contribution in [0.4, 0.5) is 20.3 Å². The summed E-state index contributed by atoms with van der Waals surface area (Å²) in [5, 5.41) is 13.4. The van der Waals surface area contributed by atoms with E-state index in [-0.39, 0.29) is 5.69 Å². The second kappa shape index (κ2) is 6.05. The highest BCUT2D eigenvalue weighted by Crippen LogP contribution is 2.12. The van der Waals surface area contributed by atoms with Gasteiger partial charge in [-0.05, 0) is 30.2 Å². The number of aromatic nitrogens is 1. The van der Waals surface area contributed by atoms with Gasteiger partial charge in [-0.15, -0.1) is 0 Å². The predicted octanol–water partition coefficient (Wildman–Crippen LogP) is 2.92. The van der Waals surface area contributed by atoms with Gasteiger partial charge in [0.05, 0.1) is 4.92 Å². The van der Waals surface area contributed by atoms with Crippen molar-refractivity contribution in [1.29, 1.82) is 0 Å². The molecule has 1 aromatic heterocycles. The van der Waals surface area contributed by atoms with Crippen LogP contribution in [0.2, 0.25) is 0 Å². The molecule has 2 rings (SSSR count). The van der Waals surface area contributed by atoms with Crippen LogP contribution in [-0.4, -0.2) is 16.5 Å². The van der Waals surface area contributed by atoms with E-state index in [1.807, 2.05) is 0 Å². The van der Waals surface area contributed by atoms with Crippen molar-refractivity contribution in [3.63, 3.8) is 0 Å². The molecular formula is C13H11F2N3O2. The largest absolute Gasteiger partial charge is 0.370 e. The Bertz CT molecular complexity index is 597. The van der Waals surface area contributed by atoms with E-state index in [2.05, 4.69) is 10.3 Å². The Morgan fingerprint density at radius 2 is 1.90 bits per heavy atom. The van der Waals surface area contributed by atoms with Crippen molar-refractivity contribution < 1.29 is 13.7 Å². The lowest BCUT2D eigenvalue weighted by molar-refractivity contribution is -0.385. The number of halogens is 2. The molecule has 0 spiro atoms. The zero-order chi connectivity index (χ0) is 14.5. The maximum absolute atomic E-state index is 13.0. The molecule has 2 aromatic rings. The average molecular weight is 279 g/mol. The molecule has 0 fully saturated rings. The molecule has 0 radical (unpaired) electrons. The molecule has 7 heteroatoms. The second-order valence-electron chi connectivity index (χ2n) is 4.11. The van der Waals surface area contributed by atoms with Crippen molar-refractivity contribution in [2.75, 3.05) is 11.9 Å². The molecule has 0 saturated carbocycles. The van der Waals surface area contributed by atoms with Crippen LogP contribution in [-0.2, 0) is 6.42 Å². The highest BCUT2D eigenvalue weighted by molar-refractivity contribution is 5.40. The van der Waals surface area contributed by atoms with Gasteiger partial charge < -0.3 is 5.32 Å². The van der Waals surface area contributed by atoms with Crippen molar-refractivity contribution >= 4 is 11.5 Å². The first-order chi connectivity index (χ1) is 9.54. The van der Waals surface area contributed by atoms with Crippen molar-refractivity contribution in [1.82, 2.24) is 4.98 Å². The minimum atomic E-state index is -0.617. The molecule has 0 saturated heterocycles. The van der Waals surface area contributed by atoms with Gasteiger partial charge in [-0.25, -0.2) is 13.8 Å². The van der Waals surface area contributed by atoms with Crippen LogP contribution in [0.15, 0.2) is 36.5 Å². The SMILES string of the molecule is O=[N+]([O-])c1ccc(NCCc2cc(F)cc(F)c2)nc1. The molecule has 104 valence electrons. The number of hydrogen-bond acceptors (Lipinski definition) is 4. The summed E-state index contributed by atoms with van der Waals surface area (Å²) < 4.78 is 25.9. The molecule has 0 aliphatic rings. The zero-order valence-corrected chi connectivity index (χ0v) is 10.3. The van der Waals surface area contributed by atoms with Crippen LogP contribution in [0.5, 0.6) is 0 Å². The van der Waals surface area contributed by atoms with Gasteiger partial charge in [-0.3, -0.25) is 10.1 Å². The van der Waals surface area contributed by atoms with Crippen LogP contribution in [0.25, 0.3) is 0 Å². The van der Waals surface area contributed by atoms with E-state index in [4.69, 9.17) is 0 Å². The topological polar surface area (TPSA) is 68.1 Å². The number of nitrogens with one attached hydrogen (secondary N) is 1. The molecule has 5 nitrogen and oxygen atoms in total. The summed E-state index contributed by atoms with van der Waals surface area (Å²) >= 11 is 0. The van der Waals surface area contributed by atoms with Crippen LogP contribution in [0, 0.1) is 21.7 Å². The Hall–Kier alpha value is -2.57. The summed E-state index contributed by atoms with van der Waals surface area (Å²) in [6.45, 7) is 0.410. The first kappa shape index (κ1) is 13.9. The number of pyridine rings is 1. The van der Waals surface area contributed by atoms with Gasteiger partial charge in [0.15, 0.2) is 0 Å². The van der Waals surface area contributed by atoms with Gasteiger partial charge in [0.1, 0.15) is 23.6 Å². The Kier molecular flexibility index (Phi) is 4.19. The molecule has 0 unspecified atom stereocenters. The van der Waals surface area contributed by atoms with Crippen molar-refractivity contribution in [3.05, 3.63) is 63.8 Å². The van der Waals surface area contributed by atoms with Gasteiger partial charge in [0.2, 0.25) is 0 Å². The molecule has 1 aromatic carbocycles. The maximum atomic E-state index is 13.0. The highest BCUT2D eigenvalue weighted by Gasteiger charge is 2.05. The second-order valence-corrected chi connectivity index (χ2v) is 4.11. The van der Waals surface area contributed by atoms with Gasteiger partial charge in [0, 0.05) is 18.7 Å². The zero-order valence-electron chi connectivity index (χ0n) is 10.3. The Morgan fingerprint density at radius 3 is 2.45 bits per heavy atom. The van der Waals surface area contributed by atoms with E-state index in [1.165, 1.54) is 24.3 Å². The van der Waals surface area contributed by atoms with E-state index in [1.54, 1.807) is 0 Å². The van der Waals surface area contributed by atoms with E-state index < -0.39 is 16.6 Å². The summed E-state index contributed by atoms with van der Waals surface area (Å²) in [6, 6.07) is 6.14. The van der Waals surface area contributed by atoms with Crippen molar-refractivity contribution in [2.45, 2.75) is 6.42 Å². The van der Waals surface area contributed by atoms with E-state index in [9.17, 15) is 18.9 Å². The summed E-state index contributed by atoms with van der Waals surface area (Å²) in [6.07, 6.45) is 1.55. The van der Waals surface area contributed by atoms with Gasteiger partial charge >= 0.3 is 0 Å². The molecule has 0 aliphatic heterocycles. The predicted molar refractivity (Wildman–Crippen MR) is 69.4 cm³/mol. The molecular weight excluding hydrogens is 268 g/mol. The first-order valence-corrected chi connectivity index (χ1v) is 5.84. The lowest BCUT2D eigenvalue weighted by atomic mass is 10.1. The standard InChI is InChI=1S/C13H11F2N3O2/c14-10-5-9(6-11(15)7-10)3-4-16-13-2-1-12(8-17-13)18(19)20/h1-2,5-8H,3-4H2,(H,16,17). The van der Waals surface area contributed by atoms with Gasteiger partial charge in [-0.2, -0.15) is 0 Å². The van der Waals surface area contributed by atoms with Crippen LogP contribution >= 0.6 is 0 Å². The Morgan fingerprint density at radius 1 is 1.20 bits per heavy atom. The monoisotopic (exact) mass is 279 g/mol. The highest BCUT2D eigenvalue weighted by atomic mass is 19.1. The minimum Gasteiger partial charge on any atom is -0.370 e. The third kappa shape index (κ3) is 3.71. The fraction of sp³-hybridized carbons (Fsp3) is 0.154. The lowest BCUT2D eigenvalue weighted by Gasteiger charge is -2.05. The van der Waals surface area contributed by atoms with E-state index in [0.29, 0.717) is 24.3 Å². The molecule has 0 bridgehead atoms. The molecule has 1 N–H and O–H groups in total. The number of hydrogen-bond donors (Lipinski definition) is 1. The normalized spacial score (nSPS) is 10.3. The van der Waals surface area contributed by atoms with Crippen LogP contribution < -0.4 is 5.32 Å². The molecule has 0 amide bonds. The number of anilines is 1. The summed E-state index contributed by atoms with van der Waals surface area (Å²) in [4.78, 5) is 13.8. The number of rotatable bonds is 5. The number of benzene rings is 1.